The Kier molecular flexibility index (Phi) is 4.63. The lowest BCUT2D eigenvalue weighted by Crippen LogP contribution is -2.00. The van der Waals surface area contributed by atoms with Gasteiger partial charge in [0.05, 0.1) is 19.2 Å². The standard InChI is InChI=1S/C11H11NO2S/c1-14-11(13)10-4-2-9(3-5-10)8-12-6-7-15/h2-5,7-8H,6H2,1H3. The van der Waals surface area contributed by atoms with Crippen molar-refractivity contribution in [3.8, 4) is 0 Å². The summed E-state index contributed by atoms with van der Waals surface area (Å²) < 4.78 is 4.58. The molecule has 0 amide bonds. The van der Waals surface area contributed by atoms with E-state index in [9.17, 15) is 4.79 Å². The van der Waals surface area contributed by atoms with E-state index in [-0.39, 0.29) is 5.97 Å². The van der Waals surface area contributed by atoms with Gasteiger partial charge in [-0.15, -0.1) is 0 Å². The molecule has 0 saturated carbocycles. The fraction of sp³-hybridized carbons (Fsp3) is 0.182. The van der Waals surface area contributed by atoms with Gasteiger partial charge in [-0.3, -0.25) is 4.99 Å². The van der Waals surface area contributed by atoms with E-state index in [2.05, 4.69) is 21.9 Å². The first-order valence-corrected chi connectivity index (χ1v) is 4.87. The minimum Gasteiger partial charge on any atom is -0.465 e. The molecule has 0 unspecified atom stereocenters. The molecule has 0 fully saturated rings. The molecular weight excluding hydrogens is 210 g/mol. The monoisotopic (exact) mass is 221 g/mol. The summed E-state index contributed by atoms with van der Waals surface area (Å²) in [4.78, 5) is 15.2. The number of esters is 1. The highest BCUT2D eigenvalue weighted by Gasteiger charge is 2.02. The average Bonchev–Trinajstić information content (AvgIpc) is 2.29. The zero-order valence-electron chi connectivity index (χ0n) is 8.34. The molecule has 1 aromatic carbocycles. The lowest BCUT2D eigenvalue weighted by Gasteiger charge is -1.98. The van der Waals surface area contributed by atoms with E-state index in [1.54, 1.807) is 35.8 Å². The summed E-state index contributed by atoms with van der Waals surface area (Å²) in [6.07, 6.45) is 1.71. The molecule has 1 rings (SSSR count). The second kappa shape index (κ2) is 6.03. The van der Waals surface area contributed by atoms with Crippen LogP contribution < -0.4 is 0 Å². The number of ether oxygens (including phenoxy) is 1. The van der Waals surface area contributed by atoms with Gasteiger partial charge in [0, 0.05) is 11.6 Å². The van der Waals surface area contributed by atoms with Crippen molar-refractivity contribution in [2.45, 2.75) is 0 Å². The molecule has 3 nitrogen and oxygen atoms in total. The maximum absolute atomic E-state index is 11.1. The van der Waals surface area contributed by atoms with Crippen LogP contribution in [-0.2, 0) is 4.74 Å². The third-order valence-electron chi connectivity index (χ3n) is 1.75. The number of carbonyl (C=O) groups excluding carboxylic acids is 1. The Morgan fingerprint density at radius 1 is 1.47 bits per heavy atom. The molecule has 0 N–H and O–H groups in total. The molecule has 0 spiro atoms. The maximum atomic E-state index is 11.1. The van der Waals surface area contributed by atoms with Crippen molar-refractivity contribution >= 4 is 29.8 Å². The van der Waals surface area contributed by atoms with Crippen molar-refractivity contribution in [2.24, 2.45) is 4.99 Å². The number of methoxy groups -OCH3 is 1. The third-order valence-corrected chi connectivity index (χ3v) is 1.90. The first-order chi connectivity index (χ1) is 7.27. The number of thiocarbonyl (C=S) groups is 1. The van der Waals surface area contributed by atoms with Crippen LogP contribution in [0.3, 0.4) is 0 Å². The number of carbonyl (C=O) groups is 1. The van der Waals surface area contributed by atoms with Crippen LogP contribution in [0.1, 0.15) is 15.9 Å². The fourth-order valence-electron chi connectivity index (χ4n) is 1.02. The average molecular weight is 221 g/mol. The van der Waals surface area contributed by atoms with E-state index in [0.29, 0.717) is 12.1 Å². The van der Waals surface area contributed by atoms with Gasteiger partial charge in [0.15, 0.2) is 0 Å². The van der Waals surface area contributed by atoms with Crippen LogP contribution >= 0.6 is 12.2 Å². The van der Waals surface area contributed by atoms with Gasteiger partial charge >= 0.3 is 5.97 Å². The SMILES string of the molecule is COC(=O)c1ccc(C=NCC=S)cc1. The first-order valence-electron chi connectivity index (χ1n) is 4.39. The molecule has 0 radical (unpaired) electrons. The Balaban J connectivity index is 2.72. The zero-order valence-corrected chi connectivity index (χ0v) is 9.16. The van der Waals surface area contributed by atoms with E-state index < -0.39 is 0 Å². The molecule has 0 aliphatic heterocycles. The van der Waals surface area contributed by atoms with Gasteiger partial charge in [-0.25, -0.2) is 4.79 Å². The largest absolute Gasteiger partial charge is 0.465 e. The Morgan fingerprint density at radius 2 is 2.13 bits per heavy atom. The van der Waals surface area contributed by atoms with Crippen LogP contribution in [0.25, 0.3) is 0 Å². The van der Waals surface area contributed by atoms with Gasteiger partial charge < -0.3 is 4.74 Å². The van der Waals surface area contributed by atoms with E-state index in [1.807, 2.05) is 0 Å². The Hall–Kier alpha value is -1.55. The quantitative estimate of drug-likeness (QED) is 0.443. The predicted molar refractivity (Wildman–Crippen MR) is 63.9 cm³/mol. The summed E-state index contributed by atoms with van der Waals surface area (Å²) in [7, 11) is 1.36. The van der Waals surface area contributed by atoms with Crippen molar-refractivity contribution in [3.05, 3.63) is 35.4 Å². The Labute approximate surface area is 93.8 Å². The lowest BCUT2D eigenvalue weighted by atomic mass is 10.1. The maximum Gasteiger partial charge on any atom is 0.337 e. The zero-order chi connectivity index (χ0) is 11.1. The van der Waals surface area contributed by atoms with Crippen molar-refractivity contribution in [2.75, 3.05) is 13.7 Å². The molecule has 1 aromatic rings. The number of hydrogen-bond acceptors (Lipinski definition) is 4. The van der Waals surface area contributed by atoms with Gasteiger partial charge in [0.1, 0.15) is 0 Å². The molecule has 0 aliphatic rings. The lowest BCUT2D eigenvalue weighted by molar-refractivity contribution is 0.0601. The fourth-order valence-corrected chi connectivity index (χ4v) is 1.11. The molecule has 0 heterocycles. The van der Waals surface area contributed by atoms with Crippen LogP contribution in [0.5, 0.6) is 0 Å². The van der Waals surface area contributed by atoms with Gasteiger partial charge in [0.25, 0.3) is 0 Å². The molecular formula is C11H11NO2S. The molecule has 0 aromatic heterocycles. The number of nitrogens with zero attached hydrogens (tertiary/aromatic N) is 1. The summed E-state index contributed by atoms with van der Waals surface area (Å²) >= 11 is 4.64. The minimum atomic E-state index is -0.336. The van der Waals surface area contributed by atoms with Crippen LogP contribution in [0.15, 0.2) is 29.3 Å². The van der Waals surface area contributed by atoms with E-state index in [1.165, 1.54) is 7.11 Å². The normalized spacial score (nSPS) is 10.2. The number of hydrogen-bond donors (Lipinski definition) is 0. The van der Waals surface area contributed by atoms with Crippen molar-refractivity contribution in [1.82, 2.24) is 0 Å². The van der Waals surface area contributed by atoms with E-state index in [4.69, 9.17) is 0 Å². The molecule has 4 heteroatoms. The van der Waals surface area contributed by atoms with Crippen molar-refractivity contribution in [1.29, 1.82) is 0 Å². The predicted octanol–water partition coefficient (Wildman–Crippen LogP) is 1.89. The Morgan fingerprint density at radius 3 is 2.67 bits per heavy atom. The molecule has 0 atom stereocenters. The first kappa shape index (κ1) is 11.5. The molecule has 78 valence electrons. The van der Waals surface area contributed by atoms with Crippen LogP contribution in [0.4, 0.5) is 0 Å². The molecule has 0 aliphatic carbocycles. The van der Waals surface area contributed by atoms with Gasteiger partial charge in [-0.05, 0) is 17.7 Å². The summed E-state index contributed by atoms with van der Waals surface area (Å²) in [6, 6.07) is 7.01. The van der Waals surface area contributed by atoms with Crippen LogP contribution in [-0.4, -0.2) is 31.2 Å². The van der Waals surface area contributed by atoms with E-state index in [0.717, 1.165) is 5.56 Å². The van der Waals surface area contributed by atoms with Crippen LogP contribution in [0, 0.1) is 0 Å². The minimum absolute atomic E-state index is 0.336. The van der Waals surface area contributed by atoms with E-state index >= 15 is 0 Å². The highest BCUT2D eigenvalue weighted by molar-refractivity contribution is 7.79. The summed E-state index contributed by atoms with van der Waals surface area (Å²) in [5.41, 5.74) is 1.46. The highest BCUT2D eigenvalue weighted by Crippen LogP contribution is 2.03. The summed E-state index contributed by atoms with van der Waals surface area (Å²) in [6.45, 7) is 0.522. The smallest absolute Gasteiger partial charge is 0.337 e. The van der Waals surface area contributed by atoms with Crippen LogP contribution in [0.2, 0.25) is 0 Å². The molecule has 0 saturated heterocycles. The highest BCUT2D eigenvalue weighted by atomic mass is 32.1. The van der Waals surface area contributed by atoms with Gasteiger partial charge in [-0.2, -0.15) is 0 Å². The molecule has 15 heavy (non-hydrogen) atoms. The second-order valence-electron chi connectivity index (χ2n) is 2.77. The number of benzene rings is 1. The third kappa shape index (κ3) is 3.59. The topological polar surface area (TPSA) is 38.7 Å². The van der Waals surface area contributed by atoms with Crippen molar-refractivity contribution < 1.29 is 9.53 Å². The van der Waals surface area contributed by atoms with Gasteiger partial charge in [0.2, 0.25) is 0 Å². The number of aliphatic imine (C=N–C) groups is 1. The van der Waals surface area contributed by atoms with Gasteiger partial charge in [-0.1, -0.05) is 24.4 Å². The summed E-state index contributed by atoms with van der Waals surface area (Å²) in [5, 5.41) is 1.55. The number of rotatable bonds is 4. The second-order valence-corrected chi connectivity index (χ2v) is 3.11. The molecule has 0 bridgehead atoms. The summed E-state index contributed by atoms with van der Waals surface area (Å²) in [5.74, 6) is -0.336. The Bertz CT molecular complexity index is 371. The van der Waals surface area contributed by atoms with Crippen molar-refractivity contribution in [3.63, 3.8) is 0 Å².